The summed E-state index contributed by atoms with van der Waals surface area (Å²) in [5, 5.41) is 0. The summed E-state index contributed by atoms with van der Waals surface area (Å²) in [6.07, 6.45) is 2.33. The van der Waals surface area contributed by atoms with E-state index in [9.17, 15) is 4.79 Å². The molecule has 2 rings (SSSR count). The maximum atomic E-state index is 10.7. The monoisotopic (exact) mass is 128 g/mol. The maximum Gasteiger partial charge on any atom is 0.337 e. The van der Waals surface area contributed by atoms with Crippen LogP contribution in [0.2, 0.25) is 0 Å². The fourth-order valence-corrected chi connectivity index (χ4v) is 1.25. The molecular formula is C6H8O3. The Morgan fingerprint density at radius 3 is 3.00 bits per heavy atom. The molecule has 3 heteroatoms. The van der Waals surface area contributed by atoms with Gasteiger partial charge in [-0.15, -0.1) is 0 Å². The molecule has 2 aliphatic heterocycles. The Bertz CT molecular complexity index is 143. The normalized spacial score (nSPS) is 40.7. The third-order valence-corrected chi connectivity index (χ3v) is 1.73. The molecule has 0 aromatic carbocycles. The number of carbonyl (C=O) groups is 1. The van der Waals surface area contributed by atoms with Gasteiger partial charge in [0.05, 0.1) is 0 Å². The lowest BCUT2D eigenvalue weighted by molar-refractivity contribution is -0.143. The van der Waals surface area contributed by atoms with Gasteiger partial charge in [-0.2, -0.15) is 0 Å². The minimum atomic E-state index is -0.233. The van der Waals surface area contributed by atoms with Gasteiger partial charge in [0.25, 0.3) is 0 Å². The van der Waals surface area contributed by atoms with Crippen molar-refractivity contribution in [1.82, 2.24) is 0 Å². The topological polar surface area (TPSA) is 35.5 Å². The van der Waals surface area contributed by atoms with Crippen LogP contribution < -0.4 is 0 Å². The van der Waals surface area contributed by atoms with Gasteiger partial charge in [-0.05, 0) is 12.8 Å². The molecule has 2 atom stereocenters. The molecule has 9 heavy (non-hydrogen) atoms. The average Bonchev–Trinajstić information content (AvgIpc) is 2.09. The van der Waals surface area contributed by atoms with Crippen LogP contribution in [0, 0.1) is 0 Å². The summed E-state index contributed by atoms with van der Waals surface area (Å²) in [5.41, 5.74) is 0. The Hall–Kier alpha value is -0.570. The van der Waals surface area contributed by atoms with E-state index in [-0.39, 0.29) is 18.4 Å². The lowest BCUT2D eigenvalue weighted by atomic mass is 10.1. The van der Waals surface area contributed by atoms with E-state index in [1.165, 1.54) is 0 Å². The SMILES string of the molecule is O=C1OC2CCC[C@@H]1O2. The smallest absolute Gasteiger partial charge is 0.337 e. The Balaban J connectivity index is 2.15. The first-order valence-electron chi connectivity index (χ1n) is 3.22. The largest absolute Gasteiger partial charge is 0.434 e. The molecule has 3 nitrogen and oxygen atoms in total. The molecule has 0 amide bonds. The van der Waals surface area contributed by atoms with E-state index in [0.29, 0.717) is 0 Å². The predicted octanol–water partition coefficient (Wildman–Crippen LogP) is 0.438. The van der Waals surface area contributed by atoms with E-state index in [1.807, 2.05) is 0 Å². The molecule has 0 spiro atoms. The van der Waals surface area contributed by atoms with Crippen LogP contribution in [0.1, 0.15) is 19.3 Å². The van der Waals surface area contributed by atoms with Gasteiger partial charge in [0.1, 0.15) is 0 Å². The van der Waals surface area contributed by atoms with E-state index in [0.717, 1.165) is 19.3 Å². The van der Waals surface area contributed by atoms with Gasteiger partial charge in [0, 0.05) is 6.42 Å². The standard InChI is InChI=1S/C6H8O3/c7-6-4-2-1-3-5(8-4)9-6/h4-5H,1-3H2/t4-,5?/m0/s1. The van der Waals surface area contributed by atoms with E-state index in [2.05, 4.69) is 0 Å². The molecule has 0 aliphatic carbocycles. The van der Waals surface area contributed by atoms with Crippen molar-refractivity contribution in [2.24, 2.45) is 0 Å². The van der Waals surface area contributed by atoms with Crippen molar-refractivity contribution < 1.29 is 14.3 Å². The third kappa shape index (κ3) is 0.721. The number of esters is 1. The minimum absolute atomic E-state index is 0.169. The fraction of sp³-hybridized carbons (Fsp3) is 0.833. The first-order chi connectivity index (χ1) is 4.36. The maximum absolute atomic E-state index is 10.7. The van der Waals surface area contributed by atoms with Gasteiger partial charge in [-0.25, -0.2) is 4.79 Å². The predicted molar refractivity (Wildman–Crippen MR) is 28.6 cm³/mol. The molecule has 2 fully saturated rings. The van der Waals surface area contributed by atoms with Crippen LogP contribution in [0.5, 0.6) is 0 Å². The molecule has 1 unspecified atom stereocenters. The second kappa shape index (κ2) is 1.70. The highest BCUT2D eigenvalue weighted by Gasteiger charge is 2.38. The summed E-state index contributed by atoms with van der Waals surface area (Å²) >= 11 is 0. The number of ether oxygens (including phenoxy) is 2. The van der Waals surface area contributed by atoms with Crippen LogP contribution in [0.3, 0.4) is 0 Å². The van der Waals surface area contributed by atoms with Gasteiger partial charge in [-0.3, -0.25) is 0 Å². The minimum Gasteiger partial charge on any atom is -0.434 e. The van der Waals surface area contributed by atoms with Crippen molar-refractivity contribution in [3.63, 3.8) is 0 Å². The van der Waals surface area contributed by atoms with Crippen molar-refractivity contribution in [2.75, 3.05) is 0 Å². The van der Waals surface area contributed by atoms with Gasteiger partial charge in [-0.1, -0.05) is 0 Å². The van der Waals surface area contributed by atoms with E-state index in [4.69, 9.17) is 9.47 Å². The molecule has 0 saturated carbocycles. The lowest BCUT2D eigenvalue weighted by Crippen LogP contribution is -2.19. The zero-order valence-electron chi connectivity index (χ0n) is 5.00. The summed E-state index contributed by atoms with van der Waals surface area (Å²) in [5.74, 6) is -0.169. The molecule has 2 heterocycles. The third-order valence-electron chi connectivity index (χ3n) is 1.73. The quantitative estimate of drug-likeness (QED) is 0.444. The Labute approximate surface area is 52.9 Å². The highest BCUT2D eigenvalue weighted by atomic mass is 16.8. The highest BCUT2D eigenvalue weighted by Crippen LogP contribution is 2.27. The lowest BCUT2D eigenvalue weighted by Gasteiger charge is -2.13. The summed E-state index contributed by atoms with van der Waals surface area (Å²) in [6.45, 7) is 0. The second-order valence-corrected chi connectivity index (χ2v) is 2.42. The number of carbonyl (C=O) groups excluding carboxylic acids is 1. The first kappa shape index (κ1) is 5.23. The Morgan fingerprint density at radius 1 is 1.44 bits per heavy atom. The van der Waals surface area contributed by atoms with Crippen LogP contribution in [-0.4, -0.2) is 18.4 Å². The number of rotatable bonds is 0. The van der Waals surface area contributed by atoms with E-state index < -0.39 is 0 Å². The summed E-state index contributed by atoms with van der Waals surface area (Å²) in [4.78, 5) is 10.7. The molecule has 0 N–H and O–H groups in total. The molecule has 0 radical (unpaired) electrons. The number of hydrogen-bond donors (Lipinski definition) is 0. The molecule has 2 saturated heterocycles. The highest BCUT2D eigenvalue weighted by molar-refractivity contribution is 5.76. The number of hydrogen-bond acceptors (Lipinski definition) is 3. The Kier molecular flexibility index (Phi) is 0.990. The summed E-state index contributed by atoms with van der Waals surface area (Å²) < 4.78 is 9.96. The van der Waals surface area contributed by atoms with Gasteiger partial charge >= 0.3 is 5.97 Å². The molecule has 0 aromatic rings. The fourth-order valence-electron chi connectivity index (χ4n) is 1.25. The van der Waals surface area contributed by atoms with Gasteiger partial charge in [0.15, 0.2) is 6.10 Å². The van der Waals surface area contributed by atoms with Crippen LogP contribution in [0.25, 0.3) is 0 Å². The van der Waals surface area contributed by atoms with Crippen molar-refractivity contribution in [3.8, 4) is 0 Å². The van der Waals surface area contributed by atoms with E-state index >= 15 is 0 Å². The van der Waals surface area contributed by atoms with Crippen molar-refractivity contribution in [2.45, 2.75) is 31.7 Å². The van der Waals surface area contributed by atoms with Gasteiger partial charge in [0.2, 0.25) is 6.29 Å². The van der Waals surface area contributed by atoms with E-state index in [1.54, 1.807) is 0 Å². The van der Waals surface area contributed by atoms with Crippen LogP contribution >= 0.6 is 0 Å². The van der Waals surface area contributed by atoms with Crippen molar-refractivity contribution in [3.05, 3.63) is 0 Å². The zero-order valence-corrected chi connectivity index (χ0v) is 5.00. The zero-order chi connectivity index (χ0) is 6.27. The summed E-state index contributed by atoms with van der Waals surface area (Å²) in [6, 6.07) is 0. The van der Waals surface area contributed by atoms with Crippen LogP contribution in [0.15, 0.2) is 0 Å². The molecular weight excluding hydrogens is 120 g/mol. The number of fused-ring (bicyclic) bond motifs is 2. The van der Waals surface area contributed by atoms with Crippen LogP contribution in [0.4, 0.5) is 0 Å². The molecule has 2 aliphatic rings. The second-order valence-electron chi connectivity index (χ2n) is 2.42. The average molecular weight is 128 g/mol. The van der Waals surface area contributed by atoms with Gasteiger partial charge < -0.3 is 9.47 Å². The Morgan fingerprint density at radius 2 is 2.33 bits per heavy atom. The van der Waals surface area contributed by atoms with Crippen LogP contribution in [-0.2, 0) is 14.3 Å². The summed E-state index contributed by atoms with van der Waals surface area (Å²) in [7, 11) is 0. The molecule has 2 bridgehead atoms. The van der Waals surface area contributed by atoms with Crippen molar-refractivity contribution >= 4 is 5.97 Å². The first-order valence-corrected chi connectivity index (χ1v) is 3.22. The molecule has 50 valence electrons. The molecule has 0 aromatic heterocycles. The van der Waals surface area contributed by atoms with Crippen molar-refractivity contribution in [1.29, 1.82) is 0 Å².